The van der Waals surface area contributed by atoms with Gasteiger partial charge in [-0.3, -0.25) is 0 Å². The summed E-state index contributed by atoms with van der Waals surface area (Å²) in [6, 6.07) is 10.2. The molecule has 0 atom stereocenters. The molecule has 0 bridgehead atoms. The van der Waals surface area contributed by atoms with E-state index in [2.05, 4.69) is 12.1 Å². The molecule has 1 saturated heterocycles. The topological polar surface area (TPSA) is 27.7 Å². The summed E-state index contributed by atoms with van der Waals surface area (Å²) in [6.07, 6.45) is 7.58. The standard InChI is InChI=1S/C18H21BO3/c1-17(2)18(3,4)22-19(21-17)16-11-10-15(12-13-20-16)14-8-6-5-7-9-14/h5-13H,1-4H3. The SMILES string of the molecule is CC1(C)OB(C2=CC=C(c3ccccc3)C=CO2)OC1(C)C. The van der Waals surface area contributed by atoms with Crippen LogP contribution in [0.5, 0.6) is 0 Å². The van der Waals surface area contributed by atoms with E-state index in [0.717, 1.165) is 11.1 Å². The van der Waals surface area contributed by atoms with Crippen molar-refractivity contribution in [1.29, 1.82) is 0 Å². The number of benzene rings is 1. The third kappa shape index (κ3) is 2.76. The van der Waals surface area contributed by atoms with Crippen molar-refractivity contribution in [3.05, 3.63) is 66.0 Å². The Balaban J connectivity index is 1.84. The zero-order chi connectivity index (χ0) is 15.8. The maximum absolute atomic E-state index is 6.02. The summed E-state index contributed by atoms with van der Waals surface area (Å²) in [6.45, 7) is 8.13. The molecule has 2 aliphatic heterocycles. The second kappa shape index (κ2) is 5.45. The van der Waals surface area contributed by atoms with E-state index in [9.17, 15) is 0 Å². The first-order valence-corrected chi connectivity index (χ1v) is 7.55. The van der Waals surface area contributed by atoms with Crippen LogP contribution in [-0.2, 0) is 14.0 Å². The molecule has 0 radical (unpaired) electrons. The van der Waals surface area contributed by atoms with Crippen molar-refractivity contribution < 1.29 is 14.0 Å². The van der Waals surface area contributed by atoms with E-state index in [4.69, 9.17) is 14.0 Å². The lowest BCUT2D eigenvalue weighted by Gasteiger charge is -2.32. The Kier molecular flexibility index (Phi) is 3.75. The molecule has 22 heavy (non-hydrogen) atoms. The van der Waals surface area contributed by atoms with E-state index in [1.165, 1.54) is 0 Å². The van der Waals surface area contributed by atoms with Crippen molar-refractivity contribution in [2.75, 3.05) is 0 Å². The van der Waals surface area contributed by atoms with Gasteiger partial charge >= 0.3 is 7.12 Å². The van der Waals surface area contributed by atoms with Crippen molar-refractivity contribution in [1.82, 2.24) is 0 Å². The first-order chi connectivity index (χ1) is 10.4. The van der Waals surface area contributed by atoms with Crippen LogP contribution in [0.3, 0.4) is 0 Å². The van der Waals surface area contributed by atoms with Gasteiger partial charge in [0.1, 0.15) is 5.66 Å². The van der Waals surface area contributed by atoms with Gasteiger partial charge in [-0.25, -0.2) is 0 Å². The van der Waals surface area contributed by atoms with Crippen molar-refractivity contribution in [3.63, 3.8) is 0 Å². The fourth-order valence-electron chi connectivity index (χ4n) is 2.37. The zero-order valence-electron chi connectivity index (χ0n) is 13.5. The average Bonchev–Trinajstić information content (AvgIpc) is 2.65. The molecule has 1 fully saturated rings. The monoisotopic (exact) mass is 296 g/mol. The molecule has 0 unspecified atom stereocenters. The molecule has 0 saturated carbocycles. The summed E-state index contributed by atoms with van der Waals surface area (Å²) in [5.74, 6) is 0. The molecule has 0 aliphatic carbocycles. The quantitative estimate of drug-likeness (QED) is 0.768. The summed E-state index contributed by atoms with van der Waals surface area (Å²) in [5, 5.41) is 0. The fourth-order valence-corrected chi connectivity index (χ4v) is 2.37. The van der Waals surface area contributed by atoms with E-state index < -0.39 is 7.12 Å². The Morgan fingerprint density at radius 3 is 2.14 bits per heavy atom. The summed E-state index contributed by atoms with van der Waals surface area (Å²) < 4.78 is 17.7. The fraction of sp³-hybridized carbons (Fsp3) is 0.333. The van der Waals surface area contributed by atoms with E-state index in [1.807, 2.05) is 64.1 Å². The molecule has 3 rings (SSSR count). The number of ether oxygens (including phenoxy) is 1. The number of hydrogen-bond donors (Lipinski definition) is 0. The van der Waals surface area contributed by atoms with E-state index in [-0.39, 0.29) is 11.2 Å². The lowest BCUT2D eigenvalue weighted by molar-refractivity contribution is 0.00578. The predicted molar refractivity (Wildman–Crippen MR) is 88.8 cm³/mol. The molecule has 0 aromatic heterocycles. The highest BCUT2D eigenvalue weighted by Crippen LogP contribution is 2.39. The van der Waals surface area contributed by atoms with Gasteiger partial charge in [0.2, 0.25) is 0 Å². The summed E-state index contributed by atoms with van der Waals surface area (Å²) in [7, 11) is -0.485. The maximum Gasteiger partial charge on any atom is 0.532 e. The lowest BCUT2D eigenvalue weighted by Crippen LogP contribution is -2.41. The van der Waals surface area contributed by atoms with Crippen molar-refractivity contribution in [2.45, 2.75) is 38.9 Å². The maximum atomic E-state index is 6.02. The van der Waals surface area contributed by atoms with Crippen LogP contribution in [0.25, 0.3) is 5.57 Å². The Morgan fingerprint density at radius 1 is 0.864 bits per heavy atom. The van der Waals surface area contributed by atoms with Crippen molar-refractivity contribution >= 4 is 12.7 Å². The van der Waals surface area contributed by atoms with Crippen LogP contribution in [0.15, 0.2) is 60.5 Å². The summed E-state index contributed by atoms with van der Waals surface area (Å²) in [4.78, 5) is 0. The van der Waals surface area contributed by atoms with Gasteiger partial charge in [0, 0.05) is 0 Å². The molecule has 4 heteroatoms. The second-order valence-electron chi connectivity index (χ2n) is 6.57. The van der Waals surface area contributed by atoms with Crippen LogP contribution in [0.2, 0.25) is 0 Å². The van der Waals surface area contributed by atoms with Gasteiger partial charge in [-0.05, 0) is 51.0 Å². The number of rotatable bonds is 2. The van der Waals surface area contributed by atoms with Gasteiger partial charge in [-0.15, -0.1) is 0 Å². The van der Waals surface area contributed by atoms with E-state index >= 15 is 0 Å². The molecule has 0 amide bonds. The molecule has 1 aromatic carbocycles. The molecule has 0 spiro atoms. The zero-order valence-corrected chi connectivity index (χ0v) is 13.5. The highest BCUT2D eigenvalue weighted by atomic mass is 16.7. The van der Waals surface area contributed by atoms with Crippen LogP contribution in [0.4, 0.5) is 0 Å². The Labute approximate surface area is 132 Å². The molecule has 3 nitrogen and oxygen atoms in total. The summed E-state index contributed by atoms with van der Waals surface area (Å²) >= 11 is 0. The van der Waals surface area contributed by atoms with Gasteiger partial charge in [-0.2, -0.15) is 0 Å². The molecule has 114 valence electrons. The molecule has 2 heterocycles. The predicted octanol–water partition coefficient (Wildman–Crippen LogP) is 4.13. The summed E-state index contributed by atoms with van der Waals surface area (Å²) in [5.41, 5.74) is 2.16. The normalized spacial score (nSPS) is 22.6. The minimum atomic E-state index is -0.485. The lowest BCUT2D eigenvalue weighted by atomic mass is 9.86. The van der Waals surface area contributed by atoms with Crippen LogP contribution in [-0.4, -0.2) is 18.3 Å². The molecular weight excluding hydrogens is 275 g/mol. The van der Waals surface area contributed by atoms with Crippen LogP contribution < -0.4 is 0 Å². The second-order valence-corrected chi connectivity index (χ2v) is 6.57. The smallest absolute Gasteiger partial charge is 0.473 e. The Hall–Kier alpha value is -1.78. The van der Waals surface area contributed by atoms with E-state index in [0.29, 0.717) is 5.66 Å². The van der Waals surface area contributed by atoms with Crippen LogP contribution in [0, 0.1) is 0 Å². The molecule has 1 aromatic rings. The van der Waals surface area contributed by atoms with Crippen LogP contribution >= 0.6 is 0 Å². The molecular formula is C18H21BO3. The Morgan fingerprint density at radius 2 is 1.50 bits per heavy atom. The minimum Gasteiger partial charge on any atom is -0.473 e. The largest absolute Gasteiger partial charge is 0.532 e. The molecule has 0 N–H and O–H groups in total. The van der Waals surface area contributed by atoms with Crippen LogP contribution in [0.1, 0.15) is 33.3 Å². The highest BCUT2D eigenvalue weighted by Gasteiger charge is 2.53. The first kappa shape index (κ1) is 15.1. The van der Waals surface area contributed by atoms with Gasteiger partial charge < -0.3 is 14.0 Å². The van der Waals surface area contributed by atoms with Gasteiger partial charge in [0.25, 0.3) is 0 Å². The van der Waals surface area contributed by atoms with E-state index in [1.54, 1.807) is 6.26 Å². The number of allylic oxidation sites excluding steroid dienone is 4. The number of hydrogen-bond acceptors (Lipinski definition) is 3. The first-order valence-electron chi connectivity index (χ1n) is 7.55. The van der Waals surface area contributed by atoms with Crippen molar-refractivity contribution in [2.24, 2.45) is 0 Å². The minimum absolute atomic E-state index is 0.371. The molecule has 2 aliphatic rings. The van der Waals surface area contributed by atoms with Gasteiger partial charge in [0.05, 0.1) is 17.5 Å². The van der Waals surface area contributed by atoms with Crippen molar-refractivity contribution in [3.8, 4) is 0 Å². The van der Waals surface area contributed by atoms with Gasteiger partial charge in [0.15, 0.2) is 0 Å². The highest BCUT2D eigenvalue weighted by molar-refractivity contribution is 6.53. The third-order valence-electron chi connectivity index (χ3n) is 4.47. The third-order valence-corrected chi connectivity index (χ3v) is 4.47. The average molecular weight is 296 g/mol. The van der Waals surface area contributed by atoms with Gasteiger partial charge in [-0.1, -0.05) is 36.4 Å². The Bertz CT molecular complexity index is 626.